The molecule has 2 nitrogen and oxygen atoms in total. The van der Waals surface area contributed by atoms with E-state index >= 15 is 0 Å². The highest BCUT2D eigenvalue weighted by atomic mass is 15.1. The lowest BCUT2D eigenvalue weighted by Crippen LogP contribution is -2.09. The highest BCUT2D eigenvalue weighted by molar-refractivity contribution is 6.09. The summed E-state index contributed by atoms with van der Waals surface area (Å²) in [6, 6.07) is 26.1. The lowest BCUT2D eigenvalue weighted by molar-refractivity contribution is 0.545. The van der Waals surface area contributed by atoms with E-state index in [2.05, 4.69) is 103 Å². The molecule has 0 spiro atoms. The maximum Gasteiger partial charge on any atom is 0.0492 e. The second-order valence-corrected chi connectivity index (χ2v) is 7.12. The van der Waals surface area contributed by atoms with E-state index in [1.807, 2.05) is 0 Å². The molecule has 0 fully saturated rings. The van der Waals surface area contributed by atoms with E-state index in [1.54, 1.807) is 0 Å². The van der Waals surface area contributed by atoms with Crippen molar-refractivity contribution in [1.82, 2.24) is 4.57 Å². The zero-order chi connectivity index (χ0) is 17.4. The molecule has 0 radical (unpaired) electrons. The number of para-hydroxylation sites is 2. The minimum Gasteiger partial charge on any atom is -0.345 e. The van der Waals surface area contributed by atoms with Gasteiger partial charge in [-0.25, -0.2) is 0 Å². The average Bonchev–Trinajstić information content (AvgIpc) is 2.95. The maximum atomic E-state index is 2.46. The van der Waals surface area contributed by atoms with Crippen molar-refractivity contribution in [3.63, 3.8) is 0 Å². The first-order valence-corrected chi connectivity index (χ1v) is 8.95. The van der Waals surface area contributed by atoms with Gasteiger partial charge in [0.05, 0.1) is 0 Å². The van der Waals surface area contributed by atoms with Gasteiger partial charge in [0.1, 0.15) is 0 Å². The Bertz CT molecular complexity index is 1010. The lowest BCUT2D eigenvalue weighted by Gasteiger charge is -2.20. The first-order valence-electron chi connectivity index (χ1n) is 8.95. The van der Waals surface area contributed by atoms with Crippen LogP contribution in [-0.2, 0) is 6.54 Å². The number of aromatic nitrogens is 1. The van der Waals surface area contributed by atoms with Crippen LogP contribution in [0.2, 0.25) is 0 Å². The van der Waals surface area contributed by atoms with Crippen LogP contribution in [0.4, 0.5) is 11.4 Å². The fourth-order valence-corrected chi connectivity index (χ4v) is 3.61. The van der Waals surface area contributed by atoms with Gasteiger partial charge in [-0.05, 0) is 42.3 Å². The predicted molar refractivity (Wildman–Crippen MR) is 109 cm³/mol. The second kappa shape index (κ2) is 6.29. The Morgan fingerprint density at radius 2 is 1.44 bits per heavy atom. The number of nitrogens with zero attached hydrogens (tertiary/aromatic N) is 2. The molecule has 0 saturated carbocycles. The van der Waals surface area contributed by atoms with Crippen LogP contribution in [0.5, 0.6) is 0 Å². The summed E-state index contributed by atoms with van der Waals surface area (Å²) in [5.41, 5.74) is 5.06. The molecule has 4 aromatic rings. The average molecular weight is 328 g/mol. The van der Waals surface area contributed by atoms with Gasteiger partial charge in [0.2, 0.25) is 0 Å². The number of fused-ring (bicyclic) bond motifs is 3. The van der Waals surface area contributed by atoms with Crippen molar-refractivity contribution in [1.29, 1.82) is 0 Å². The summed E-state index contributed by atoms with van der Waals surface area (Å²) in [4.78, 5) is 2.24. The first-order chi connectivity index (χ1) is 12.1. The Hall–Kier alpha value is -2.74. The van der Waals surface area contributed by atoms with Crippen molar-refractivity contribution >= 4 is 33.2 Å². The van der Waals surface area contributed by atoms with E-state index < -0.39 is 0 Å². The number of hydrogen-bond acceptors (Lipinski definition) is 1. The molecule has 3 aromatic carbocycles. The van der Waals surface area contributed by atoms with E-state index in [0.717, 1.165) is 6.54 Å². The van der Waals surface area contributed by atoms with Crippen LogP contribution in [-0.4, -0.2) is 11.6 Å². The van der Waals surface area contributed by atoms with Crippen molar-refractivity contribution in [2.24, 2.45) is 5.92 Å². The number of hydrogen-bond donors (Lipinski definition) is 0. The van der Waals surface area contributed by atoms with Gasteiger partial charge in [-0.15, -0.1) is 0 Å². The summed E-state index contributed by atoms with van der Waals surface area (Å²) in [6.45, 7) is 5.59. The fourth-order valence-electron chi connectivity index (χ4n) is 3.61. The zero-order valence-electron chi connectivity index (χ0n) is 15.1. The lowest BCUT2D eigenvalue weighted by atomic mass is 10.1. The van der Waals surface area contributed by atoms with Gasteiger partial charge in [-0.1, -0.05) is 50.2 Å². The number of anilines is 2. The van der Waals surface area contributed by atoms with Crippen molar-refractivity contribution in [2.45, 2.75) is 20.4 Å². The molecule has 25 heavy (non-hydrogen) atoms. The molecule has 4 rings (SSSR count). The van der Waals surface area contributed by atoms with Crippen molar-refractivity contribution in [3.05, 3.63) is 72.8 Å². The molecule has 0 N–H and O–H groups in total. The van der Waals surface area contributed by atoms with Crippen LogP contribution < -0.4 is 4.90 Å². The maximum absolute atomic E-state index is 2.46. The third-order valence-corrected chi connectivity index (χ3v) is 4.83. The Kier molecular flexibility index (Phi) is 3.96. The summed E-state index contributed by atoms with van der Waals surface area (Å²) in [5.74, 6) is 0.616. The molecule has 1 heterocycles. The Balaban J connectivity index is 1.90. The molecule has 0 aliphatic rings. The smallest absolute Gasteiger partial charge is 0.0492 e. The highest BCUT2D eigenvalue weighted by Crippen LogP contribution is 2.34. The third kappa shape index (κ3) is 2.78. The van der Waals surface area contributed by atoms with Gasteiger partial charge in [0.25, 0.3) is 0 Å². The van der Waals surface area contributed by atoms with E-state index in [-0.39, 0.29) is 0 Å². The quantitative estimate of drug-likeness (QED) is 0.432. The molecule has 0 aliphatic carbocycles. The normalized spacial score (nSPS) is 11.5. The summed E-state index contributed by atoms with van der Waals surface area (Å²) >= 11 is 0. The molecule has 0 bridgehead atoms. The summed E-state index contributed by atoms with van der Waals surface area (Å²) in [5, 5.41) is 2.66. The fraction of sp³-hybridized carbons (Fsp3) is 0.217. The van der Waals surface area contributed by atoms with E-state index in [9.17, 15) is 0 Å². The van der Waals surface area contributed by atoms with E-state index in [4.69, 9.17) is 0 Å². The van der Waals surface area contributed by atoms with Crippen LogP contribution in [0, 0.1) is 5.92 Å². The highest BCUT2D eigenvalue weighted by Gasteiger charge is 2.13. The molecule has 0 atom stereocenters. The van der Waals surface area contributed by atoms with Gasteiger partial charge in [0.15, 0.2) is 0 Å². The van der Waals surface area contributed by atoms with Crippen LogP contribution >= 0.6 is 0 Å². The largest absolute Gasteiger partial charge is 0.345 e. The minimum atomic E-state index is 0.616. The molecule has 2 heteroatoms. The molecule has 0 aliphatic heterocycles. The van der Waals surface area contributed by atoms with Gasteiger partial charge in [0, 0.05) is 46.8 Å². The van der Waals surface area contributed by atoms with Crippen molar-refractivity contribution in [2.75, 3.05) is 11.9 Å². The molecule has 0 saturated heterocycles. The topological polar surface area (TPSA) is 8.17 Å². The van der Waals surface area contributed by atoms with E-state index in [0.29, 0.717) is 5.92 Å². The number of rotatable bonds is 4. The Morgan fingerprint density at radius 1 is 0.760 bits per heavy atom. The minimum absolute atomic E-state index is 0.616. The van der Waals surface area contributed by atoms with Gasteiger partial charge in [-0.2, -0.15) is 0 Å². The molecule has 0 unspecified atom stereocenters. The van der Waals surface area contributed by atoms with Crippen LogP contribution in [0.1, 0.15) is 13.8 Å². The molecule has 1 aromatic heterocycles. The second-order valence-electron chi connectivity index (χ2n) is 7.12. The van der Waals surface area contributed by atoms with Crippen LogP contribution in [0.3, 0.4) is 0 Å². The summed E-state index contributed by atoms with van der Waals surface area (Å²) in [6.07, 6.45) is 0. The standard InChI is InChI=1S/C23H24N2/c1-17(2)16-25-22-12-8-7-11-20(22)21-15-19(13-14-23(21)25)24(3)18-9-5-4-6-10-18/h4-15,17H,16H2,1-3H3. The van der Waals surface area contributed by atoms with Gasteiger partial charge in [-0.3, -0.25) is 0 Å². The van der Waals surface area contributed by atoms with Crippen LogP contribution in [0.25, 0.3) is 21.8 Å². The van der Waals surface area contributed by atoms with Gasteiger partial charge >= 0.3 is 0 Å². The monoisotopic (exact) mass is 328 g/mol. The summed E-state index contributed by atoms with van der Waals surface area (Å²) < 4.78 is 2.46. The summed E-state index contributed by atoms with van der Waals surface area (Å²) in [7, 11) is 2.13. The molecular formula is C23H24N2. The van der Waals surface area contributed by atoms with Crippen molar-refractivity contribution < 1.29 is 0 Å². The molecular weight excluding hydrogens is 304 g/mol. The zero-order valence-corrected chi connectivity index (χ0v) is 15.1. The Morgan fingerprint density at radius 3 is 2.20 bits per heavy atom. The third-order valence-electron chi connectivity index (χ3n) is 4.83. The number of benzene rings is 3. The van der Waals surface area contributed by atoms with Gasteiger partial charge < -0.3 is 9.47 Å². The first kappa shape index (κ1) is 15.8. The molecule has 126 valence electrons. The van der Waals surface area contributed by atoms with Crippen LogP contribution in [0.15, 0.2) is 72.8 Å². The van der Waals surface area contributed by atoms with E-state index in [1.165, 1.54) is 33.2 Å². The molecule has 0 amide bonds. The Labute approximate surface area is 149 Å². The van der Waals surface area contributed by atoms with Crippen molar-refractivity contribution in [3.8, 4) is 0 Å². The predicted octanol–water partition coefficient (Wildman–Crippen LogP) is 6.22. The SMILES string of the molecule is CC(C)Cn1c2ccccc2c2cc(N(C)c3ccccc3)ccc21.